The highest BCUT2D eigenvalue weighted by molar-refractivity contribution is 5.95. The maximum absolute atomic E-state index is 12.6. The Balaban J connectivity index is 2.29. The van der Waals surface area contributed by atoms with Gasteiger partial charge in [0.05, 0.1) is 34.0 Å². The Kier molecular flexibility index (Phi) is 5.89. The first kappa shape index (κ1) is 16.4. The monoisotopic (exact) mass is 309 g/mol. The van der Waals surface area contributed by atoms with Gasteiger partial charge in [-0.15, -0.1) is 0 Å². The van der Waals surface area contributed by atoms with Gasteiger partial charge in [-0.3, -0.25) is 4.79 Å². The van der Waals surface area contributed by atoms with Crippen molar-refractivity contribution in [1.82, 2.24) is 4.90 Å². The van der Waals surface area contributed by atoms with Gasteiger partial charge in [-0.05, 0) is 18.6 Å². The third-order valence-corrected chi connectivity index (χ3v) is 3.46. The molecule has 0 saturated carbocycles. The lowest BCUT2D eigenvalue weighted by molar-refractivity contribution is 0.0302. The maximum atomic E-state index is 12.6. The molecule has 6 nitrogen and oxygen atoms in total. The molecular weight excluding hydrogens is 286 g/mol. The molecule has 0 bridgehead atoms. The van der Waals surface area contributed by atoms with Crippen molar-refractivity contribution in [1.29, 1.82) is 0 Å². The van der Waals surface area contributed by atoms with E-state index in [1.54, 1.807) is 31.3 Å². The third kappa shape index (κ3) is 3.62. The van der Waals surface area contributed by atoms with E-state index >= 15 is 0 Å². The second-order valence-electron chi connectivity index (χ2n) is 4.96. The molecule has 0 spiro atoms. The number of carbonyl (C=O) groups excluding carboxylic acids is 1. The Morgan fingerprint density at radius 1 is 1.18 bits per heavy atom. The second-order valence-corrected chi connectivity index (χ2v) is 4.96. The lowest BCUT2D eigenvalue weighted by Crippen LogP contribution is -2.40. The topological polar surface area (TPSA) is 57.2 Å². The van der Waals surface area contributed by atoms with Crippen LogP contribution in [0.25, 0.3) is 0 Å². The minimum atomic E-state index is -0.0538. The molecule has 0 aromatic heterocycles. The van der Waals surface area contributed by atoms with Gasteiger partial charge in [0.2, 0.25) is 5.75 Å². The van der Waals surface area contributed by atoms with Gasteiger partial charge in [0.1, 0.15) is 0 Å². The molecule has 0 N–H and O–H groups in total. The third-order valence-electron chi connectivity index (χ3n) is 3.46. The molecule has 1 heterocycles. The Morgan fingerprint density at radius 3 is 2.27 bits per heavy atom. The fourth-order valence-corrected chi connectivity index (χ4v) is 2.30. The van der Waals surface area contributed by atoms with Crippen LogP contribution in [0.2, 0.25) is 0 Å². The number of benzene rings is 1. The maximum Gasteiger partial charge on any atom is 0.254 e. The first-order chi connectivity index (χ1) is 10.7. The van der Waals surface area contributed by atoms with Crippen molar-refractivity contribution in [3.63, 3.8) is 0 Å². The fraction of sp³-hybridized carbons (Fsp3) is 0.562. The summed E-state index contributed by atoms with van der Waals surface area (Å²) in [6.45, 7) is 4.91. The molecule has 0 aliphatic carbocycles. The average molecular weight is 309 g/mol. The fourth-order valence-electron chi connectivity index (χ4n) is 2.30. The molecule has 1 aliphatic rings. The highest BCUT2D eigenvalue weighted by Crippen LogP contribution is 2.39. The van der Waals surface area contributed by atoms with E-state index in [-0.39, 0.29) is 5.91 Å². The van der Waals surface area contributed by atoms with Crippen molar-refractivity contribution >= 4 is 5.91 Å². The summed E-state index contributed by atoms with van der Waals surface area (Å²) in [5.41, 5.74) is 0.527. The van der Waals surface area contributed by atoms with Crippen LogP contribution in [0.4, 0.5) is 0 Å². The summed E-state index contributed by atoms with van der Waals surface area (Å²) in [6.07, 6.45) is 0.876. The van der Waals surface area contributed by atoms with E-state index in [0.717, 1.165) is 6.42 Å². The van der Waals surface area contributed by atoms with Crippen LogP contribution in [0.3, 0.4) is 0 Å². The highest BCUT2D eigenvalue weighted by Gasteiger charge is 2.22. The molecule has 0 unspecified atom stereocenters. The molecule has 1 amide bonds. The molecule has 6 heteroatoms. The van der Waals surface area contributed by atoms with Crippen molar-refractivity contribution in [2.45, 2.75) is 13.3 Å². The second kappa shape index (κ2) is 7.89. The summed E-state index contributed by atoms with van der Waals surface area (Å²) in [7, 11) is 3.10. The number of nitrogens with zero attached hydrogens (tertiary/aromatic N) is 1. The minimum Gasteiger partial charge on any atom is -0.493 e. The van der Waals surface area contributed by atoms with E-state index < -0.39 is 0 Å². The van der Waals surface area contributed by atoms with Crippen molar-refractivity contribution in [2.75, 3.05) is 47.1 Å². The Hall–Kier alpha value is -1.95. The SMILES string of the molecule is CCCOc1c(OC)cc(C(=O)N2CCOCC2)cc1OC. The Bertz CT molecular complexity index is 486. The largest absolute Gasteiger partial charge is 0.493 e. The molecule has 0 atom stereocenters. The van der Waals surface area contributed by atoms with Gasteiger partial charge in [0.15, 0.2) is 11.5 Å². The number of amides is 1. The summed E-state index contributed by atoms with van der Waals surface area (Å²) in [6, 6.07) is 3.40. The summed E-state index contributed by atoms with van der Waals surface area (Å²) in [4.78, 5) is 14.3. The zero-order chi connectivity index (χ0) is 15.9. The van der Waals surface area contributed by atoms with E-state index in [9.17, 15) is 4.79 Å². The smallest absolute Gasteiger partial charge is 0.254 e. The molecule has 122 valence electrons. The number of hydrogen-bond acceptors (Lipinski definition) is 5. The van der Waals surface area contributed by atoms with E-state index in [1.807, 2.05) is 6.92 Å². The molecule has 1 aromatic rings. The van der Waals surface area contributed by atoms with Crippen molar-refractivity contribution in [2.24, 2.45) is 0 Å². The van der Waals surface area contributed by atoms with E-state index in [1.165, 1.54) is 0 Å². The molecular formula is C16H23NO5. The average Bonchev–Trinajstić information content (AvgIpc) is 2.59. The molecule has 1 fully saturated rings. The van der Waals surface area contributed by atoms with Gasteiger partial charge in [-0.2, -0.15) is 0 Å². The highest BCUT2D eigenvalue weighted by atomic mass is 16.5. The Morgan fingerprint density at radius 2 is 1.77 bits per heavy atom. The zero-order valence-corrected chi connectivity index (χ0v) is 13.4. The minimum absolute atomic E-state index is 0.0538. The van der Waals surface area contributed by atoms with Crippen LogP contribution in [-0.2, 0) is 4.74 Å². The predicted octanol–water partition coefficient (Wildman–Crippen LogP) is 1.96. The molecule has 1 aromatic carbocycles. The van der Waals surface area contributed by atoms with Crippen LogP contribution in [0.15, 0.2) is 12.1 Å². The predicted molar refractivity (Wildman–Crippen MR) is 82.1 cm³/mol. The molecule has 0 radical (unpaired) electrons. The number of morpholine rings is 1. The van der Waals surface area contributed by atoms with Crippen molar-refractivity contribution in [3.05, 3.63) is 17.7 Å². The van der Waals surface area contributed by atoms with Gasteiger partial charge in [-0.25, -0.2) is 0 Å². The lowest BCUT2D eigenvalue weighted by Gasteiger charge is -2.27. The van der Waals surface area contributed by atoms with Crippen LogP contribution in [-0.4, -0.2) is 57.9 Å². The summed E-state index contributed by atoms with van der Waals surface area (Å²) >= 11 is 0. The quantitative estimate of drug-likeness (QED) is 0.804. The number of ether oxygens (including phenoxy) is 4. The van der Waals surface area contributed by atoms with Gasteiger partial charge >= 0.3 is 0 Å². The van der Waals surface area contributed by atoms with Gasteiger partial charge in [-0.1, -0.05) is 6.92 Å². The first-order valence-corrected chi connectivity index (χ1v) is 7.47. The van der Waals surface area contributed by atoms with Gasteiger partial charge in [0, 0.05) is 18.7 Å². The van der Waals surface area contributed by atoms with Gasteiger partial charge in [0.25, 0.3) is 5.91 Å². The number of carbonyl (C=O) groups is 1. The van der Waals surface area contributed by atoms with Crippen molar-refractivity contribution < 1.29 is 23.7 Å². The van der Waals surface area contributed by atoms with Crippen LogP contribution in [0, 0.1) is 0 Å². The lowest BCUT2D eigenvalue weighted by atomic mass is 10.1. The summed E-state index contributed by atoms with van der Waals surface area (Å²) in [5, 5.41) is 0. The first-order valence-electron chi connectivity index (χ1n) is 7.47. The van der Waals surface area contributed by atoms with Gasteiger partial charge < -0.3 is 23.8 Å². The number of methoxy groups -OCH3 is 2. The summed E-state index contributed by atoms with van der Waals surface area (Å²) in [5.74, 6) is 1.49. The van der Waals surface area contributed by atoms with Crippen LogP contribution < -0.4 is 14.2 Å². The molecule has 1 aliphatic heterocycles. The standard InChI is InChI=1S/C16H23NO5/c1-4-7-22-15-13(19-2)10-12(11-14(15)20-3)16(18)17-5-8-21-9-6-17/h10-11H,4-9H2,1-3H3. The molecule has 22 heavy (non-hydrogen) atoms. The summed E-state index contributed by atoms with van der Waals surface area (Å²) < 4.78 is 21.7. The Labute approximate surface area is 130 Å². The number of hydrogen-bond donors (Lipinski definition) is 0. The van der Waals surface area contributed by atoms with E-state index in [0.29, 0.717) is 55.7 Å². The molecule has 2 rings (SSSR count). The van der Waals surface area contributed by atoms with Crippen LogP contribution >= 0.6 is 0 Å². The number of rotatable bonds is 6. The zero-order valence-electron chi connectivity index (χ0n) is 13.4. The normalized spacial score (nSPS) is 14.6. The van der Waals surface area contributed by atoms with Crippen LogP contribution in [0.1, 0.15) is 23.7 Å². The van der Waals surface area contributed by atoms with E-state index in [4.69, 9.17) is 18.9 Å². The van der Waals surface area contributed by atoms with Crippen LogP contribution in [0.5, 0.6) is 17.2 Å². The van der Waals surface area contributed by atoms with E-state index in [2.05, 4.69) is 0 Å². The molecule has 1 saturated heterocycles. The van der Waals surface area contributed by atoms with Crippen molar-refractivity contribution in [3.8, 4) is 17.2 Å².